The van der Waals surface area contributed by atoms with E-state index in [9.17, 15) is 0 Å². The smallest absolute Gasteiger partial charge is 0.0301 e. The lowest BCUT2D eigenvalue weighted by molar-refractivity contribution is 0.815. The molecule has 1 atom stereocenters. The molecule has 0 unspecified atom stereocenters. The van der Waals surface area contributed by atoms with Crippen LogP contribution in [0.2, 0.25) is 0 Å². The van der Waals surface area contributed by atoms with E-state index in [2.05, 4.69) is 40.2 Å². The van der Waals surface area contributed by atoms with Crippen molar-refractivity contribution in [3.05, 3.63) is 46.4 Å². The summed E-state index contributed by atoms with van der Waals surface area (Å²) in [5.74, 6) is 0. The lowest BCUT2D eigenvalue weighted by Gasteiger charge is -2.10. The zero-order valence-electron chi connectivity index (χ0n) is 8.41. The number of fused-ring (bicyclic) bond motifs is 1. The van der Waals surface area contributed by atoms with Crippen molar-refractivity contribution < 1.29 is 0 Å². The molecule has 3 heteroatoms. The fraction of sp³-hybridized carbons (Fsp3) is 0.167. The van der Waals surface area contributed by atoms with Crippen LogP contribution < -0.4 is 5.73 Å². The zero-order chi connectivity index (χ0) is 10.1. The summed E-state index contributed by atoms with van der Waals surface area (Å²) < 4.78 is 1.12. The first-order valence-electron chi connectivity index (χ1n) is 4.63. The van der Waals surface area contributed by atoms with Crippen LogP contribution >= 0.6 is 32.9 Å². The highest BCUT2D eigenvalue weighted by Gasteiger charge is 2.07. The summed E-state index contributed by atoms with van der Waals surface area (Å²) in [4.78, 5) is 0. The number of nitrogens with two attached hydrogens (primary N) is 1. The maximum atomic E-state index is 5.88. The van der Waals surface area contributed by atoms with E-state index in [0.29, 0.717) is 0 Å². The van der Waals surface area contributed by atoms with E-state index in [0.717, 1.165) is 10.0 Å². The Labute approximate surface area is 109 Å². The minimum atomic E-state index is 0. The number of hydrogen-bond acceptors (Lipinski definition) is 1. The molecule has 80 valence electrons. The summed E-state index contributed by atoms with van der Waals surface area (Å²) in [5.41, 5.74) is 7.03. The fourth-order valence-corrected chi connectivity index (χ4v) is 2.46. The molecular formula is C12H13Br2N. The Balaban J connectivity index is 0.00000112. The Morgan fingerprint density at radius 3 is 2.47 bits per heavy atom. The highest BCUT2D eigenvalue weighted by molar-refractivity contribution is 9.10. The molecule has 0 bridgehead atoms. The number of halogens is 2. The van der Waals surface area contributed by atoms with Crippen LogP contribution in [-0.4, -0.2) is 0 Å². The summed E-state index contributed by atoms with van der Waals surface area (Å²) in [6, 6.07) is 12.5. The Morgan fingerprint density at radius 2 is 1.80 bits per heavy atom. The molecule has 2 rings (SSSR count). The molecule has 15 heavy (non-hydrogen) atoms. The maximum absolute atomic E-state index is 5.88. The summed E-state index contributed by atoms with van der Waals surface area (Å²) >= 11 is 3.60. The third-order valence-corrected chi connectivity index (χ3v) is 3.27. The lowest BCUT2D eigenvalue weighted by Crippen LogP contribution is -2.05. The maximum Gasteiger partial charge on any atom is 0.0301 e. The monoisotopic (exact) mass is 329 g/mol. The predicted molar refractivity (Wildman–Crippen MR) is 74.6 cm³/mol. The van der Waals surface area contributed by atoms with Gasteiger partial charge in [0.25, 0.3) is 0 Å². The van der Waals surface area contributed by atoms with Crippen LogP contribution in [0.25, 0.3) is 10.8 Å². The molecule has 0 saturated heterocycles. The SMILES string of the molecule is Br.C[C@H](N)c1ccc2ccccc2c1Br. The van der Waals surface area contributed by atoms with Gasteiger partial charge in [-0.15, -0.1) is 17.0 Å². The number of benzene rings is 2. The summed E-state index contributed by atoms with van der Waals surface area (Å²) in [6.45, 7) is 1.99. The molecule has 0 aliphatic rings. The Hall–Kier alpha value is -0.380. The molecule has 2 N–H and O–H groups in total. The van der Waals surface area contributed by atoms with Gasteiger partial charge in [0.2, 0.25) is 0 Å². The zero-order valence-corrected chi connectivity index (χ0v) is 11.7. The van der Waals surface area contributed by atoms with E-state index in [1.54, 1.807) is 0 Å². The second-order valence-electron chi connectivity index (χ2n) is 3.48. The lowest BCUT2D eigenvalue weighted by atomic mass is 10.0. The van der Waals surface area contributed by atoms with Gasteiger partial charge in [0.15, 0.2) is 0 Å². The Bertz CT molecular complexity index is 466. The fourth-order valence-electron chi connectivity index (χ4n) is 1.60. The molecule has 2 aromatic carbocycles. The van der Waals surface area contributed by atoms with Crippen LogP contribution in [0.3, 0.4) is 0 Å². The van der Waals surface area contributed by atoms with Crippen molar-refractivity contribution in [1.29, 1.82) is 0 Å². The van der Waals surface area contributed by atoms with Crippen molar-refractivity contribution >= 4 is 43.7 Å². The minimum Gasteiger partial charge on any atom is -0.324 e. The molecular weight excluding hydrogens is 318 g/mol. The third kappa shape index (κ3) is 2.41. The van der Waals surface area contributed by atoms with Crippen LogP contribution in [0.4, 0.5) is 0 Å². The quantitative estimate of drug-likeness (QED) is 0.833. The highest BCUT2D eigenvalue weighted by Crippen LogP contribution is 2.30. The van der Waals surface area contributed by atoms with Crippen LogP contribution in [0.5, 0.6) is 0 Å². The topological polar surface area (TPSA) is 26.0 Å². The molecule has 0 heterocycles. The predicted octanol–water partition coefficient (Wildman–Crippen LogP) is 4.20. The molecule has 0 amide bonds. The van der Waals surface area contributed by atoms with Gasteiger partial charge in [-0.1, -0.05) is 36.4 Å². The number of rotatable bonds is 1. The highest BCUT2D eigenvalue weighted by atomic mass is 79.9. The summed E-state index contributed by atoms with van der Waals surface area (Å²) in [5, 5.41) is 2.46. The molecule has 0 aromatic heterocycles. The average molecular weight is 331 g/mol. The standard InChI is InChI=1S/C12H12BrN.BrH/c1-8(14)10-7-6-9-4-2-3-5-11(9)12(10)13;/h2-8H,14H2,1H3;1H/t8-;/m0./s1. The van der Waals surface area contributed by atoms with E-state index in [1.165, 1.54) is 10.8 Å². The second kappa shape index (κ2) is 5.10. The molecule has 0 fully saturated rings. The first-order valence-corrected chi connectivity index (χ1v) is 5.42. The average Bonchev–Trinajstić information content (AvgIpc) is 2.18. The largest absolute Gasteiger partial charge is 0.324 e. The molecule has 0 aliphatic heterocycles. The van der Waals surface area contributed by atoms with Gasteiger partial charge < -0.3 is 5.73 Å². The van der Waals surface area contributed by atoms with E-state index < -0.39 is 0 Å². The van der Waals surface area contributed by atoms with Crippen molar-refractivity contribution in [2.75, 3.05) is 0 Å². The Kier molecular flexibility index (Phi) is 4.32. The minimum absolute atomic E-state index is 0. The van der Waals surface area contributed by atoms with E-state index in [1.807, 2.05) is 19.1 Å². The van der Waals surface area contributed by atoms with E-state index >= 15 is 0 Å². The van der Waals surface area contributed by atoms with Crippen molar-refractivity contribution in [2.45, 2.75) is 13.0 Å². The van der Waals surface area contributed by atoms with Gasteiger partial charge in [-0.3, -0.25) is 0 Å². The van der Waals surface area contributed by atoms with Gasteiger partial charge in [0, 0.05) is 10.5 Å². The van der Waals surface area contributed by atoms with Crippen molar-refractivity contribution in [2.24, 2.45) is 5.73 Å². The first-order chi connectivity index (χ1) is 6.70. The normalized spacial score (nSPS) is 12.2. The van der Waals surface area contributed by atoms with Gasteiger partial charge in [0.05, 0.1) is 0 Å². The van der Waals surface area contributed by atoms with Gasteiger partial charge >= 0.3 is 0 Å². The van der Waals surface area contributed by atoms with Crippen molar-refractivity contribution in [1.82, 2.24) is 0 Å². The van der Waals surface area contributed by atoms with Crippen LogP contribution in [0, 0.1) is 0 Å². The first kappa shape index (κ1) is 12.7. The van der Waals surface area contributed by atoms with Crippen molar-refractivity contribution in [3.8, 4) is 0 Å². The molecule has 0 aliphatic carbocycles. The van der Waals surface area contributed by atoms with Gasteiger partial charge in [0.1, 0.15) is 0 Å². The van der Waals surface area contributed by atoms with Gasteiger partial charge in [-0.2, -0.15) is 0 Å². The van der Waals surface area contributed by atoms with Crippen molar-refractivity contribution in [3.63, 3.8) is 0 Å². The van der Waals surface area contributed by atoms with E-state index in [4.69, 9.17) is 5.73 Å². The molecule has 0 saturated carbocycles. The second-order valence-corrected chi connectivity index (χ2v) is 4.27. The summed E-state index contributed by atoms with van der Waals surface area (Å²) in [6.07, 6.45) is 0. The Morgan fingerprint density at radius 1 is 1.13 bits per heavy atom. The molecule has 1 nitrogen and oxygen atoms in total. The van der Waals surface area contributed by atoms with Gasteiger partial charge in [-0.05, 0) is 39.2 Å². The molecule has 0 radical (unpaired) electrons. The van der Waals surface area contributed by atoms with Crippen LogP contribution in [0.1, 0.15) is 18.5 Å². The van der Waals surface area contributed by atoms with Crippen LogP contribution in [-0.2, 0) is 0 Å². The third-order valence-electron chi connectivity index (χ3n) is 2.38. The molecule has 0 spiro atoms. The van der Waals surface area contributed by atoms with Gasteiger partial charge in [-0.25, -0.2) is 0 Å². The molecule has 2 aromatic rings. The van der Waals surface area contributed by atoms with E-state index in [-0.39, 0.29) is 23.0 Å². The number of hydrogen-bond donors (Lipinski definition) is 1. The summed E-state index contributed by atoms with van der Waals surface area (Å²) in [7, 11) is 0. The van der Waals surface area contributed by atoms with Crippen LogP contribution in [0.15, 0.2) is 40.9 Å².